The molecule has 0 aliphatic carbocycles. The van der Waals surface area contributed by atoms with Gasteiger partial charge in [0.2, 0.25) is 0 Å². The van der Waals surface area contributed by atoms with Gasteiger partial charge in [-0.05, 0) is 19.1 Å². The number of aromatic amines is 1. The molecule has 0 aromatic carbocycles. The first kappa shape index (κ1) is 8.47. The minimum Gasteiger partial charge on any atom is -0.385 e. The summed E-state index contributed by atoms with van der Waals surface area (Å²) in [6.45, 7) is 1.64. The molecule has 2 rings (SSSR count). The molecule has 0 fully saturated rings. The smallest absolute Gasteiger partial charge is 0.179 e. The lowest BCUT2D eigenvalue weighted by Gasteiger charge is -1.94. The summed E-state index contributed by atoms with van der Waals surface area (Å²) >= 11 is 5.68. The molecule has 68 valence electrons. The van der Waals surface area contributed by atoms with Crippen LogP contribution in [0.1, 0.15) is 18.9 Å². The molecule has 4 nitrogen and oxygen atoms in total. The van der Waals surface area contributed by atoms with E-state index in [1.807, 2.05) is 0 Å². The second-order valence-corrected chi connectivity index (χ2v) is 3.19. The Kier molecular flexibility index (Phi) is 1.94. The number of halogens is 1. The van der Waals surface area contributed by atoms with E-state index >= 15 is 0 Å². The zero-order valence-corrected chi connectivity index (χ0v) is 7.71. The molecule has 0 bridgehead atoms. The number of nitrogens with zero attached hydrogens (tertiary/aromatic N) is 2. The first-order valence-corrected chi connectivity index (χ1v) is 4.25. The second-order valence-electron chi connectivity index (χ2n) is 2.80. The van der Waals surface area contributed by atoms with E-state index in [9.17, 15) is 5.11 Å². The Labute approximate surface area is 79.6 Å². The normalized spacial score (nSPS) is 13.5. The van der Waals surface area contributed by atoms with Crippen LogP contribution in [-0.4, -0.2) is 20.1 Å². The minimum atomic E-state index is -0.618. The van der Waals surface area contributed by atoms with Crippen LogP contribution in [0.2, 0.25) is 5.15 Å². The number of imidazole rings is 1. The fraction of sp³-hybridized carbons (Fsp3) is 0.250. The maximum absolute atomic E-state index is 9.24. The van der Waals surface area contributed by atoms with E-state index < -0.39 is 6.10 Å². The van der Waals surface area contributed by atoms with Gasteiger partial charge in [0.05, 0.1) is 5.52 Å². The predicted octanol–water partition coefficient (Wildman–Crippen LogP) is 1.66. The quantitative estimate of drug-likeness (QED) is 0.684. The van der Waals surface area contributed by atoms with Crippen molar-refractivity contribution in [3.8, 4) is 0 Å². The molecule has 5 heteroatoms. The Balaban J connectivity index is 2.62. The zero-order chi connectivity index (χ0) is 9.42. The van der Waals surface area contributed by atoms with E-state index in [1.54, 1.807) is 19.1 Å². The van der Waals surface area contributed by atoms with Gasteiger partial charge in [0.15, 0.2) is 5.65 Å². The molecule has 2 heterocycles. The number of H-pyrrole nitrogens is 1. The van der Waals surface area contributed by atoms with Crippen molar-refractivity contribution in [3.63, 3.8) is 0 Å². The van der Waals surface area contributed by atoms with Gasteiger partial charge >= 0.3 is 0 Å². The number of pyridine rings is 1. The van der Waals surface area contributed by atoms with Crippen LogP contribution in [0.4, 0.5) is 0 Å². The molecule has 1 atom stereocenters. The Morgan fingerprint density at radius 2 is 2.23 bits per heavy atom. The van der Waals surface area contributed by atoms with E-state index in [1.165, 1.54) is 0 Å². The summed E-state index contributed by atoms with van der Waals surface area (Å²) in [5.41, 5.74) is 1.31. The number of hydrogen-bond acceptors (Lipinski definition) is 3. The molecule has 0 saturated carbocycles. The van der Waals surface area contributed by atoms with Crippen molar-refractivity contribution >= 4 is 22.8 Å². The Hall–Kier alpha value is -1.13. The Bertz CT molecular complexity index is 438. The summed E-state index contributed by atoms with van der Waals surface area (Å²) in [6, 6.07) is 3.46. The molecular formula is C8H8ClN3O. The van der Waals surface area contributed by atoms with Gasteiger partial charge in [-0.3, -0.25) is 0 Å². The van der Waals surface area contributed by atoms with Crippen molar-refractivity contribution < 1.29 is 5.11 Å². The molecule has 0 radical (unpaired) electrons. The molecule has 0 aliphatic heterocycles. The monoisotopic (exact) mass is 197 g/mol. The van der Waals surface area contributed by atoms with Crippen LogP contribution in [-0.2, 0) is 0 Å². The van der Waals surface area contributed by atoms with Crippen LogP contribution in [0, 0.1) is 0 Å². The average molecular weight is 198 g/mol. The number of aliphatic hydroxyl groups excluding tert-OH is 1. The molecule has 2 aromatic heterocycles. The standard InChI is InChI=1S/C8H8ClN3O/c1-4(13)7-10-5-2-3-6(9)11-8(5)12-7/h2-4,13H,1H3,(H,10,11,12). The maximum Gasteiger partial charge on any atom is 0.179 e. The number of aromatic nitrogens is 3. The molecule has 0 aliphatic rings. The van der Waals surface area contributed by atoms with Crippen molar-refractivity contribution in [2.75, 3.05) is 0 Å². The fourth-order valence-electron chi connectivity index (χ4n) is 1.09. The molecule has 0 saturated heterocycles. The first-order chi connectivity index (χ1) is 6.16. The van der Waals surface area contributed by atoms with Gasteiger partial charge in [0.1, 0.15) is 17.1 Å². The van der Waals surface area contributed by atoms with Crippen molar-refractivity contribution in [2.45, 2.75) is 13.0 Å². The highest BCUT2D eigenvalue weighted by molar-refractivity contribution is 6.29. The van der Waals surface area contributed by atoms with Gasteiger partial charge < -0.3 is 10.1 Å². The summed E-state index contributed by atoms with van der Waals surface area (Å²) in [4.78, 5) is 11.0. The Morgan fingerprint density at radius 1 is 1.46 bits per heavy atom. The lowest BCUT2D eigenvalue weighted by atomic mass is 10.4. The summed E-state index contributed by atoms with van der Waals surface area (Å²) in [6.07, 6.45) is -0.618. The van der Waals surface area contributed by atoms with Gasteiger partial charge in [-0.25, -0.2) is 9.97 Å². The fourth-order valence-corrected chi connectivity index (χ4v) is 1.23. The minimum absolute atomic E-state index is 0.399. The van der Waals surface area contributed by atoms with Gasteiger partial charge in [-0.2, -0.15) is 0 Å². The van der Waals surface area contributed by atoms with E-state index in [4.69, 9.17) is 11.6 Å². The second kappa shape index (κ2) is 2.97. The van der Waals surface area contributed by atoms with Crippen molar-refractivity contribution in [1.82, 2.24) is 15.0 Å². The zero-order valence-electron chi connectivity index (χ0n) is 6.95. The summed E-state index contributed by atoms with van der Waals surface area (Å²) < 4.78 is 0. The van der Waals surface area contributed by atoms with Crippen LogP contribution in [0.5, 0.6) is 0 Å². The Morgan fingerprint density at radius 3 is 2.92 bits per heavy atom. The van der Waals surface area contributed by atoms with Gasteiger partial charge in [-0.15, -0.1) is 0 Å². The van der Waals surface area contributed by atoms with Crippen LogP contribution in [0.15, 0.2) is 12.1 Å². The summed E-state index contributed by atoms with van der Waals surface area (Å²) in [5, 5.41) is 9.64. The lowest BCUT2D eigenvalue weighted by Crippen LogP contribution is -1.92. The van der Waals surface area contributed by atoms with Crippen LogP contribution < -0.4 is 0 Å². The summed E-state index contributed by atoms with van der Waals surface area (Å²) in [7, 11) is 0. The van der Waals surface area contributed by atoms with Crippen molar-refractivity contribution in [1.29, 1.82) is 0 Å². The average Bonchev–Trinajstić information content (AvgIpc) is 2.46. The lowest BCUT2D eigenvalue weighted by molar-refractivity contribution is 0.190. The molecular weight excluding hydrogens is 190 g/mol. The van der Waals surface area contributed by atoms with E-state index in [2.05, 4.69) is 15.0 Å². The number of aliphatic hydroxyl groups is 1. The molecule has 0 spiro atoms. The number of hydrogen-bond donors (Lipinski definition) is 2. The van der Waals surface area contributed by atoms with Crippen LogP contribution in [0.25, 0.3) is 11.2 Å². The van der Waals surface area contributed by atoms with E-state index in [-0.39, 0.29) is 0 Å². The largest absolute Gasteiger partial charge is 0.385 e. The van der Waals surface area contributed by atoms with Gasteiger partial charge in [0.25, 0.3) is 0 Å². The molecule has 13 heavy (non-hydrogen) atoms. The molecule has 2 aromatic rings. The third-order valence-corrected chi connectivity index (χ3v) is 1.94. The molecule has 1 unspecified atom stereocenters. The number of fused-ring (bicyclic) bond motifs is 1. The first-order valence-electron chi connectivity index (χ1n) is 3.87. The number of rotatable bonds is 1. The van der Waals surface area contributed by atoms with Crippen LogP contribution >= 0.6 is 11.6 Å². The van der Waals surface area contributed by atoms with E-state index in [0.717, 1.165) is 5.52 Å². The topological polar surface area (TPSA) is 61.8 Å². The highest BCUT2D eigenvalue weighted by Crippen LogP contribution is 2.16. The summed E-state index contributed by atoms with van der Waals surface area (Å²) in [5.74, 6) is 0.504. The SMILES string of the molecule is CC(O)c1nc2nc(Cl)ccc2[nH]1. The van der Waals surface area contributed by atoms with Gasteiger partial charge in [0, 0.05) is 0 Å². The predicted molar refractivity (Wildman–Crippen MR) is 49.5 cm³/mol. The highest BCUT2D eigenvalue weighted by atomic mass is 35.5. The van der Waals surface area contributed by atoms with Crippen molar-refractivity contribution in [2.24, 2.45) is 0 Å². The third-order valence-electron chi connectivity index (χ3n) is 1.73. The number of nitrogens with one attached hydrogen (secondary N) is 1. The molecule has 2 N–H and O–H groups in total. The highest BCUT2D eigenvalue weighted by Gasteiger charge is 2.07. The molecule has 0 amide bonds. The van der Waals surface area contributed by atoms with Gasteiger partial charge in [-0.1, -0.05) is 11.6 Å². The van der Waals surface area contributed by atoms with E-state index in [0.29, 0.717) is 16.6 Å². The third kappa shape index (κ3) is 1.50. The van der Waals surface area contributed by atoms with Crippen molar-refractivity contribution in [3.05, 3.63) is 23.1 Å². The maximum atomic E-state index is 9.24. The van der Waals surface area contributed by atoms with Crippen LogP contribution in [0.3, 0.4) is 0 Å².